The molecule has 4 aromatic heterocycles. The maximum absolute atomic E-state index is 2.49. The second-order valence-corrected chi connectivity index (χ2v) is 18.8. The second-order valence-electron chi connectivity index (χ2n) is 15.6. The smallest absolute Gasteiger partial charge is 0.109 e. The minimum absolute atomic E-state index is 1.14. The Labute approximate surface area is 364 Å². The fourth-order valence-electron chi connectivity index (χ4n) is 9.46. The first kappa shape index (κ1) is 34.8. The molecule has 286 valence electrons. The van der Waals surface area contributed by atoms with Crippen molar-refractivity contribution >= 4 is 117 Å². The number of anilines is 3. The van der Waals surface area contributed by atoms with E-state index in [9.17, 15) is 0 Å². The van der Waals surface area contributed by atoms with Gasteiger partial charge in [0.1, 0.15) is 4.83 Å². The Kier molecular flexibility index (Phi) is 7.85. The lowest BCUT2D eigenvalue weighted by atomic mass is 9.99. The highest BCUT2D eigenvalue weighted by Crippen LogP contribution is 2.49. The zero-order valence-electron chi connectivity index (χ0n) is 32.7. The summed E-state index contributed by atoms with van der Waals surface area (Å²) >= 11 is 5.64. The summed E-state index contributed by atoms with van der Waals surface area (Å²) in [5, 5.41) is 6.49. The van der Waals surface area contributed by atoms with Crippen LogP contribution in [-0.4, -0.2) is 4.40 Å². The van der Waals surface area contributed by atoms with Crippen LogP contribution in [0.1, 0.15) is 0 Å². The summed E-state index contributed by atoms with van der Waals surface area (Å²) in [6, 6.07) is 75.8. The molecule has 0 saturated carbocycles. The molecule has 0 N–H and O–H groups in total. The van der Waals surface area contributed by atoms with Gasteiger partial charge in [0.05, 0.1) is 36.5 Å². The van der Waals surface area contributed by atoms with Gasteiger partial charge < -0.3 is 4.90 Å². The Morgan fingerprint density at radius 3 is 1.51 bits per heavy atom. The topological polar surface area (TPSA) is 7.65 Å². The van der Waals surface area contributed by atoms with Crippen LogP contribution >= 0.6 is 34.0 Å². The SMILES string of the molecule is c1ccc(-c2c3ccccc3n3c2sc2cccc(-c4ccc(-c5ccc(N(c6cccc7c6sc6ccccc67)c6cccc7c6sc6ccccc67)cc5)cc4)c23)cc1. The number of aromatic nitrogens is 1. The fraction of sp³-hybridized carbons (Fsp3) is 0. The average molecular weight is 831 g/mol. The molecular formula is C56H34N2S3. The molecule has 0 spiro atoms. The van der Waals surface area contributed by atoms with Crippen LogP contribution in [0.2, 0.25) is 0 Å². The summed E-state index contributed by atoms with van der Waals surface area (Å²) in [7, 11) is 0. The van der Waals surface area contributed by atoms with Crippen molar-refractivity contribution in [2.24, 2.45) is 0 Å². The monoisotopic (exact) mass is 830 g/mol. The fourth-order valence-corrected chi connectivity index (χ4v) is 13.1. The Morgan fingerprint density at radius 2 is 0.852 bits per heavy atom. The van der Waals surface area contributed by atoms with E-state index in [1.165, 1.54) is 111 Å². The number of hydrogen-bond acceptors (Lipinski definition) is 4. The standard InChI is InChI=1S/C56H34N2S3/c1-2-13-38(14-3-1)52-45-17-4-7-21-46(45)58-53-40(18-12-26-51(53)61-56(52)58)37-29-27-35(28-30-37)36-31-33-39(34-32-36)57(47-22-10-19-43-41-15-5-8-24-49(41)59-54(43)47)48-23-11-20-44-42-16-6-9-25-50(42)60-55(44)48/h1-34H. The normalized spacial score (nSPS) is 11.9. The highest BCUT2D eigenvalue weighted by molar-refractivity contribution is 7.27. The van der Waals surface area contributed by atoms with Crippen molar-refractivity contribution in [1.29, 1.82) is 0 Å². The molecule has 61 heavy (non-hydrogen) atoms. The van der Waals surface area contributed by atoms with Gasteiger partial charge in [0.2, 0.25) is 0 Å². The van der Waals surface area contributed by atoms with E-state index in [0.717, 1.165) is 5.69 Å². The first-order valence-corrected chi connectivity index (χ1v) is 23.0. The number of thiazole rings is 1. The molecule has 0 bridgehead atoms. The Morgan fingerprint density at radius 1 is 0.344 bits per heavy atom. The van der Waals surface area contributed by atoms with E-state index in [1.54, 1.807) is 0 Å². The second kappa shape index (κ2) is 13.8. The van der Waals surface area contributed by atoms with Crippen LogP contribution in [0.3, 0.4) is 0 Å². The van der Waals surface area contributed by atoms with Crippen LogP contribution in [0.25, 0.3) is 99.7 Å². The maximum Gasteiger partial charge on any atom is 0.109 e. The van der Waals surface area contributed by atoms with E-state index >= 15 is 0 Å². The Bertz CT molecular complexity index is 3700. The van der Waals surface area contributed by atoms with Crippen molar-refractivity contribution in [2.45, 2.75) is 0 Å². The van der Waals surface area contributed by atoms with E-state index in [1.807, 2.05) is 34.0 Å². The van der Waals surface area contributed by atoms with E-state index in [-0.39, 0.29) is 0 Å². The maximum atomic E-state index is 2.49. The van der Waals surface area contributed by atoms with Gasteiger partial charge in [-0.05, 0) is 70.8 Å². The quantitative estimate of drug-likeness (QED) is 0.162. The van der Waals surface area contributed by atoms with Gasteiger partial charge in [0, 0.05) is 53.1 Å². The van der Waals surface area contributed by atoms with Crippen LogP contribution in [0, 0.1) is 0 Å². The van der Waals surface area contributed by atoms with Gasteiger partial charge >= 0.3 is 0 Å². The molecule has 0 atom stereocenters. The molecule has 5 heteroatoms. The predicted molar refractivity (Wildman–Crippen MR) is 267 cm³/mol. The minimum Gasteiger partial charge on any atom is -0.308 e. The Hall–Kier alpha value is -7.02. The first-order chi connectivity index (χ1) is 30.3. The molecule has 0 fully saturated rings. The molecule has 13 rings (SSSR count). The zero-order chi connectivity index (χ0) is 40.0. The highest BCUT2D eigenvalue weighted by Gasteiger charge is 2.23. The molecule has 0 amide bonds. The van der Waals surface area contributed by atoms with Crippen LogP contribution < -0.4 is 4.90 Å². The molecule has 2 nitrogen and oxygen atoms in total. The van der Waals surface area contributed by atoms with Crippen molar-refractivity contribution in [2.75, 3.05) is 4.90 Å². The van der Waals surface area contributed by atoms with Gasteiger partial charge in [0.15, 0.2) is 0 Å². The number of thiophene rings is 2. The molecule has 0 radical (unpaired) electrons. The first-order valence-electron chi connectivity index (χ1n) is 20.6. The third kappa shape index (κ3) is 5.38. The van der Waals surface area contributed by atoms with Crippen molar-refractivity contribution in [3.05, 3.63) is 206 Å². The molecular weight excluding hydrogens is 797 g/mol. The zero-order valence-corrected chi connectivity index (χ0v) is 35.2. The minimum atomic E-state index is 1.14. The number of benzene rings is 9. The van der Waals surface area contributed by atoms with Crippen molar-refractivity contribution in [3.8, 4) is 33.4 Å². The van der Waals surface area contributed by atoms with Gasteiger partial charge in [-0.1, -0.05) is 158 Å². The van der Waals surface area contributed by atoms with E-state index in [4.69, 9.17) is 0 Å². The number of hydrogen-bond donors (Lipinski definition) is 0. The Balaban J connectivity index is 0.920. The average Bonchev–Trinajstić information content (AvgIpc) is 4.09. The van der Waals surface area contributed by atoms with Crippen molar-refractivity contribution in [1.82, 2.24) is 4.40 Å². The van der Waals surface area contributed by atoms with Crippen molar-refractivity contribution < 1.29 is 0 Å². The summed E-state index contributed by atoms with van der Waals surface area (Å²) in [6.45, 7) is 0. The molecule has 0 saturated heterocycles. The van der Waals surface area contributed by atoms with Gasteiger partial charge in [0.25, 0.3) is 0 Å². The lowest BCUT2D eigenvalue weighted by Gasteiger charge is -2.27. The lowest BCUT2D eigenvalue weighted by molar-refractivity contribution is 1.32. The largest absolute Gasteiger partial charge is 0.308 e. The lowest BCUT2D eigenvalue weighted by Crippen LogP contribution is -2.10. The van der Waals surface area contributed by atoms with Gasteiger partial charge in [-0.2, -0.15) is 0 Å². The molecule has 0 aliphatic heterocycles. The summed E-state index contributed by atoms with van der Waals surface area (Å²) in [5.41, 5.74) is 13.4. The molecule has 0 unspecified atom stereocenters. The van der Waals surface area contributed by atoms with Crippen molar-refractivity contribution in [3.63, 3.8) is 0 Å². The summed E-state index contributed by atoms with van der Waals surface area (Å²) in [4.78, 5) is 3.77. The van der Waals surface area contributed by atoms with Gasteiger partial charge in [-0.3, -0.25) is 4.40 Å². The van der Waals surface area contributed by atoms with Gasteiger partial charge in [-0.15, -0.1) is 34.0 Å². The summed E-state index contributed by atoms with van der Waals surface area (Å²) in [5.74, 6) is 0. The summed E-state index contributed by atoms with van der Waals surface area (Å²) in [6.07, 6.45) is 0. The molecule has 4 heterocycles. The van der Waals surface area contributed by atoms with E-state index < -0.39 is 0 Å². The number of fused-ring (bicyclic) bond motifs is 11. The van der Waals surface area contributed by atoms with Crippen LogP contribution in [0.5, 0.6) is 0 Å². The van der Waals surface area contributed by atoms with Crippen LogP contribution in [-0.2, 0) is 0 Å². The number of nitrogens with zero attached hydrogens (tertiary/aromatic N) is 2. The van der Waals surface area contributed by atoms with E-state index in [2.05, 4.69) is 216 Å². The van der Waals surface area contributed by atoms with Crippen LogP contribution in [0.4, 0.5) is 17.1 Å². The third-order valence-corrected chi connectivity index (χ3v) is 15.8. The summed E-state index contributed by atoms with van der Waals surface area (Å²) < 4.78 is 8.98. The molecule has 9 aromatic carbocycles. The third-order valence-electron chi connectivity index (χ3n) is 12.2. The highest BCUT2D eigenvalue weighted by atomic mass is 32.1. The number of rotatable bonds is 6. The van der Waals surface area contributed by atoms with E-state index in [0.29, 0.717) is 0 Å². The molecule has 0 aliphatic rings. The predicted octanol–water partition coefficient (Wildman–Crippen LogP) is 17.5. The molecule has 13 aromatic rings. The number of para-hydroxylation sites is 2. The van der Waals surface area contributed by atoms with Crippen LogP contribution in [0.15, 0.2) is 206 Å². The van der Waals surface area contributed by atoms with Gasteiger partial charge in [-0.25, -0.2) is 0 Å². The molecule has 0 aliphatic carbocycles.